The number of aliphatic hydroxyl groups excluding tert-OH is 1. The molecule has 112 valence electrons. The van der Waals surface area contributed by atoms with E-state index in [2.05, 4.69) is 15.0 Å². The number of carbonyl (C=O) groups is 1. The van der Waals surface area contributed by atoms with Gasteiger partial charge in [-0.2, -0.15) is 0 Å². The Morgan fingerprint density at radius 3 is 3.10 bits per heavy atom. The van der Waals surface area contributed by atoms with Gasteiger partial charge in [0.1, 0.15) is 5.82 Å². The number of rotatable bonds is 2. The number of carbonyl (C=O) groups excluding carboxylic acids is 1. The Hall–Kier alpha value is -2.09. The summed E-state index contributed by atoms with van der Waals surface area (Å²) in [5.41, 5.74) is 1.02. The Bertz CT molecular complexity index is 701. The lowest BCUT2D eigenvalue weighted by atomic mass is 10.2. The van der Waals surface area contributed by atoms with E-state index >= 15 is 0 Å². The molecule has 1 amide bonds. The van der Waals surface area contributed by atoms with Gasteiger partial charge in [0, 0.05) is 12.6 Å². The highest BCUT2D eigenvalue weighted by Crippen LogP contribution is 2.33. The first-order chi connectivity index (χ1) is 9.91. The van der Waals surface area contributed by atoms with Crippen LogP contribution in [0.15, 0.2) is 12.3 Å². The third-order valence-electron chi connectivity index (χ3n) is 3.59. The quantitative estimate of drug-likeness (QED) is 0.869. The number of H-pyrrole nitrogens is 1. The van der Waals surface area contributed by atoms with Crippen LogP contribution in [0.5, 0.6) is 0 Å². The van der Waals surface area contributed by atoms with Crippen molar-refractivity contribution in [3.8, 4) is 0 Å². The number of imidazole rings is 1. The summed E-state index contributed by atoms with van der Waals surface area (Å²) in [5, 5.41) is 9.22. The Morgan fingerprint density at radius 1 is 1.62 bits per heavy atom. The fraction of sp³-hybridized carbons (Fsp3) is 0.462. The number of aromatic nitrogens is 3. The van der Waals surface area contributed by atoms with E-state index in [1.54, 1.807) is 6.92 Å². The van der Waals surface area contributed by atoms with E-state index in [1.807, 2.05) is 0 Å². The van der Waals surface area contributed by atoms with Gasteiger partial charge in [0.15, 0.2) is 5.65 Å². The van der Waals surface area contributed by atoms with Gasteiger partial charge in [0.05, 0.1) is 30.3 Å². The molecule has 1 unspecified atom stereocenters. The lowest BCUT2D eigenvalue weighted by molar-refractivity contribution is 0.0116. The van der Waals surface area contributed by atoms with Gasteiger partial charge in [0.2, 0.25) is 0 Å². The number of hydrogen-bond acceptors (Lipinski definition) is 4. The lowest BCUT2D eigenvalue weighted by Crippen LogP contribution is -2.38. The summed E-state index contributed by atoms with van der Waals surface area (Å²) >= 11 is 0. The molecule has 0 radical (unpaired) electrons. The van der Waals surface area contributed by atoms with Crippen molar-refractivity contribution >= 4 is 17.1 Å². The van der Waals surface area contributed by atoms with Gasteiger partial charge in [-0.15, -0.1) is 0 Å². The number of nitrogens with one attached hydrogen (secondary N) is 1. The van der Waals surface area contributed by atoms with Crippen LogP contribution < -0.4 is 0 Å². The molecule has 0 aromatic carbocycles. The highest BCUT2D eigenvalue weighted by molar-refractivity contribution is 6.04. The van der Waals surface area contributed by atoms with E-state index in [0.29, 0.717) is 17.0 Å². The Labute approximate surface area is 118 Å². The van der Waals surface area contributed by atoms with Gasteiger partial charge in [-0.25, -0.2) is 18.7 Å². The van der Waals surface area contributed by atoms with Crippen LogP contribution in [-0.4, -0.2) is 56.0 Å². The number of nitrogens with zero attached hydrogens (tertiary/aromatic N) is 3. The molecule has 2 aromatic heterocycles. The Kier molecular flexibility index (Phi) is 3.12. The Morgan fingerprint density at radius 2 is 2.38 bits per heavy atom. The van der Waals surface area contributed by atoms with Crippen LogP contribution in [0.1, 0.15) is 22.6 Å². The van der Waals surface area contributed by atoms with Crippen LogP contribution >= 0.6 is 0 Å². The number of likely N-dealkylation sites (tertiary alicyclic amines) is 1. The van der Waals surface area contributed by atoms with Gasteiger partial charge < -0.3 is 15.0 Å². The maximum Gasteiger partial charge on any atom is 0.267 e. The molecule has 2 N–H and O–H groups in total. The summed E-state index contributed by atoms with van der Waals surface area (Å²) in [6.45, 7) is 0.544. The third kappa shape index (κ3) is 2.35. The second-order valence-electron chi connectivity index (χ2n) is 5.21. The molecule has 1 aliphatic heterocycles. The number of hydrogen-bond donors (Lipinski definition) is 2. The van der Waals surface area contributed by atoms with Crippen LogP contribution in [0.3, 0.4) is 0 Å². The number of aromatic amines is 1. The predicted molar refractivity (Wildman–Crippen MR) is 70.1 cm³/mol. The molecule has 21 heavy (non-hydrogen) atoms. The average Bonchev–Trinajstić information content (AvgIpc) is 2.95. The number of aryl methyl sites for hydroxylation is 1. The fourth-order valence-electron chi connectivity index (χ4n) is 2.66. The third-order valence-corrected chi connectivity index (χ3v) is 3.59. The van der Waals surface area contributed by atoms with E-state index in [0.717, 1.165) is 4.90 Å². The van der Waals surface area contributed by atoms with Crippen LogP contribution in [0.4, 0.5) is 8.78 Å². The zero-order valence-corrected chi connectivity index (χ0v) is 11.3. The molecule has 0 spiro atoms. The van der Waals surface area contributed by atoms with E-state index in [9.17, 15) is 18.7 Å². The average molecular weight is 296 g/mol. The zero-order chi connectivity index (χ0) is 15.2. The van der Waals surface area contributed by atoms with Crippen molar-refractivity contribution in [1.82, 2.24) is 19.9 Å². The smallest absolute Gasteiger partial charge is 0.267 e. The zero-order valence-electron chi connectivity index (χ0n) is 11.3. The standard InChI is InChI=1S/C13H14F2N4O2/c1-7-17-10-9(2-3-16-11(10)18-7)12(21)19-6-13(14,15)4-8(19)5-20/h2-3,8,20H,4-6H2,1H3,(H,16,17,18). The van der Waals surface area contributed by atoms with E-state index in [4.69, 9.17) is 0 Å². The number of aliphatic hydroxyl groups is 1. The number of alkyl halides is 2. The first-order valence-electron chi connectivity index (χ1n) is 6.52. The first-order valence-corrected chi connectivity index (χ1v) is 6.52. The number of fused-ring (bicyclic) bond motifs is 1. The molecule has 6 nitrogen and oxygen atoms in total. The topological polar surface area (TPSA) is 82.1 Å². The number of halogens is 2. The van der Waals surface area contributed by atoms with Crippen LogP contribution in [0.25, 0.3) is 11.2 Å². The largest absolute Gasteiger partial charge is 0.394 e. The van der Waals surface area contributed by atoms with Crippen molar-refractivity contribution in [2.24, 2.45) is 0 Å². The predicted octanol–water partition coefficient (Wildman–Crippen LogP) is 1.11. The van der Waals surface area contributed by atoms with Crippen LogP contribution in [0, 0.1) is 6.92 Å². The molecule has 0 saturated carbocycles. The van der Waals surface area contributed by atoms with Gasteiger partial charge in [-0.1, -0.05) is 0 Å². The summed E-state index contributed by atoms with van der Waals surface area (Å²) in [6, 6.07) is 0.590. The van der Waals surface area contributed by atoms with Gasteiger partial charge >= 0.3 is 0 Å². The molecule has 1 fully saturated rings. The van der Waals surface area contributed by atoms with Crippen molar-refractivity contribution in [2.75, 3.05) is 13.2 Å². The van der Waals surface area contributed by atoms with Crippen LogP contribution in [-0.2, 0) is 0 Å². The molecule has 2 aromatic rings. The summed E-state index contributed by atoms with van der Waals surface area (Å²) in [6.07, 6.45) is 0.892. The maximum absolute atomic E-state index is 13.5. The molecule has 8 heteroatoms. The van der Waals surface area contributed by atoms with Crippen molar-refractivity contribution in [3.05, 3.63) is 23.7 Å². The maximum atomic E-state index is 13.5. The van der Waals surface area contributed by atoms with Gasteiger partial charge in [0.25, 0.3) is 11.8 Å². The fourth-order valence-corrected chi connectivity index (χ4v) is 2.66. The van der Waals surface area contributed by atoms with Crippen molar-refractivity contribution in [3.63, 3.8) is 0 Å². The highest BCUT2D eigenvalue weighted by Gasteiger charge is 2.47. The minimum absolute atomic E-state index is 0.233. The summed E-state index contributed by atoms with van der Waals surface area (Å²) < 4.78 is 27.0. The Balaban J connectivity index is 2.00. The summed E-state index contributed by atoms with van der Waals surface area (Å²) in [7, 11) is 0. The molecule has 3 heterocycles. The second kappa shape index (κ2) is 4.73. The first kappa shape index (κ1) is 13.9. The van der Waals surface area contributed by atoms with E-state index in [-0.39, 0.29) is 5.56 Å². The molecule has 1 atom stereocenters. The minimum Gasteiger partial charge on any atom is -0.394 e. The molecule has 3 rings (SSSR count). The van der Waals surface area contributed by atoms with E-state index in [1.165, 1.54) is 12.3 Å². The summed E-state index contributed by atoms with van der Waals surface area (Å²) in [5.74, 6) is -2.94. The normalized spacial score (nSPS) is 21.1. The molecule has 1 aliphatic rings. The van der Waals surface area contributed by atoms with Gasteiger partial charge in [-0.3, -0.25) is 4.79 Å². The second-order valence-corrected chi connectivity index (χ2v) is 5.21. The molecular formula is C13H14F2N4O2. The van der Waals surface area contributed by atoms with Gasteiger partial charge in [-0.05, 0) is 13.0 Å². The molecule has 0 aliphatic carbocycles. The van der Waals surface area contributed by atoms with Crippen molar-refractivity contribution < 1.29 is 18.7 Å². The van der Waals surface area contributed by atoms with E-state index < -0.39 is 37.4 Å². The molecule has 1 saturated heterocycles. The van der Waals surface area contributed by atoms with Crippen molar-refractivity contribution in [2.45, 2.75) is 25.3 Å². The monoisotopic (exact) mass is 296 g/mol. The summed E-state index contributed by atoms with van der Waals surface area (Å²) in [4.78, 5) is 24.6. The minimum atomic E-state index is -2.97. The molecule has 0 bridgehead atoms. The van der Waals surface area contributed by atoms with Crippen molar-refractivity contribution in [1.29, 1.82) is 0 Å². The lowest BCUT2D eigenvalue weighted by Gasteiger charge is -2.22. The highest BCUT2D eigenvalue weighted by atomic mass is 19.3. The number of pyridine rings is 1. The van der Waals surface area contributed by atoms with Crippen LogP contribution in [0.2, 0.25) is 0 Å². The SMILES string of the molecule is Cc1nc2nccc(C(=O)N3CC(F)(F)CC3CO)c2[nH]1. The number of amides is 1. The molecular weight excluding hydrogens is 282 g/mol.